The summed E-state index contributed by atoms with van der Waals surface area (Å²) in [5, 5.41) is 12.3. The number of nitrogens with one attached hydrogen (secondary N) is 1. The number of anilines is 1. The molecule has 0 spiro atoms. The number of phenols is 1. The summed E-state index contributed by atoms with van der Waals surface area (Å²) >= 11 is 2.00. The van der Waals surface area contributed by atoms with Crippen LogP contribution in [0.3, 0.4) is 0 Å². The topological polar surface area (TPSA) is 58.6 Å². The van der Waals surface area contributed by atoms with E-state index in [0.29, 0.717) is 20.6 Å². The number of hydrogen-bond acceptors (Lipinski definition) is 3. The Hall–Kier alpha value is -1.76. The maximum atomic E-state index is 12.0. The fraction of sp³-hybridized carbons (Fsp3) is 0.0714. The standard InChI is InChI=1S/C14H12INO3/c1-19-11-4-2-3-10(8-11)16-14(18)9-5-6-12(15)13(17)7-9/h2-8,17H,1H3,(H,16,18). The van der Waals surface area contributed by atoms with Gasteiger partial charge in [-0.3, -0.25) is 4.79 Å². The first kappa shape index (κ1) is 13.7. The molecule has 0 radical (unpaired) electrons. The van der Waals surface area contributed by atoms with Gasteiger partial charge in [0.05, 0.1) is 10.7 Å². The number of phenolic OH excluding ortho intramolecular Hbond substituents is 1. The van der Waals surface area contributed by atoms with Crippen molar-refractivity contribution in [2.75, 3.05) is 12.4 Å². The van der Waals surface area contributed by atoms with Crippen molar-refractivity contribution in [3.05, 3.63) is 51.6 Å². The highest BCUT2D eigenvalue weighted by molar-refractivity contribution is 14.1. The lowest BCUT2D eigenvalue weighted by Gasteiger charge is -2.07. The molecular formula is C14H12INO3. The molecule has 98 valence electrons. The summed E-state index contributed by atoms with van der Waals surface area (Å²) in [6.45, 7) is 0. The molecule has 1 amide bonds. The van der Waals surface area contributed by atoms with Crippen LogP contribution in [0.4, 0.5) is 5.69 Å². The lowest BCUT2D eigenvalue weighted by atomic mass is 10.2. The Labute approximate surface area is 124 Å². The number of halogens is 1. The third-order valence-corrected chi connectivity index (χ3v) is 3.45. The molecule has 0 aliphatic heterocycles. The SMILES string of the molecule is COc1cccc(NC(=O)c2ccc(I)c(O)c2)c1. The van der Waals surface area contributed by atoms with Crippen LogP contribution >= 0.6 is 22.6 Å². The normalized spacial score (nSPS) is 10.0. The molecule has 19 heavy (non-hydrogen) atoms. The number of methoxy groups -OCH3 is 1. The third kappa shape index (κ3) is 3.37. The van der Waals surface area contributed by atoms with Crippen LogP contribution in [0.5, 0.6) is 11.5 Å². The van der Waals surface area contributed by atoms with Crippen molar-refractivity contribution in [2.24, 2.45) is 0 Å². The van der Waals surface area contributed by atoms with E-state index in [4.69, 9.17) is 4.74 Å². The first-order chi connectivity index (χ1) is 9.10. The minimum Gasteiger partial charge on any atom is -0.507 e. The van der Waals surface area contributed by atoms with E-state index in [1.807, 2.05) is 22.6 Å². The number of hydrogen-bond donors (Lipinski definition) is 2. The van der Waals surface area contributed by atoms with E-state index in [1.54, 1.807) is 43.5 Å². The lowest BCUT2D eigenvalue weighted by molar-refractivity contribution is 0.102. The zero-order chi connectivity index (χ0) is 13.8. The summed E-state index contributed by atoms with van der Waals surface area (Å²) in [6, 6.07) is 11.9. The van der Waals surface area contributed by atoms with Gasteiger partial charge in [0.2, 0.25) is 0 Å². The summed E-state index contributed by atoms with van der Waals surface area (Å²) < 4.78 is 5.79. The first-order valence-electron chi connectivity index (χ1n) is 5.54. The Morgan fingerprint density at radius 3 is 2.74 bits per heavy atom. The second kappa shape index (κ2) is 5.92. The van der Waals surface area contributed by atoms with Crippen LogP contribution in [0.25, 0.3) is 0 Å². The van der Waals surface area contributed by atoms with Crippen molar-refractivity contribution in [3.8, 4) is 11.5 Å². The van der Waals surface area contributed by atoms with E-state index in [2.05, 4.69) is 5.32 Å². The molecular weight excluding hydrogens is 357 g/mol. The first-order valence-corrected chi connectivity index (χ1v) is 6.62. The Morgan fingerprint density at radius 2 is 2.05 bits per heavy atom. The molecule has 5 heteroatoms. The van der Waals surface area contributed by atoms with E-state index in [0.717, 1.165) is 0 Å². The van der Waals surface area contributed by atoms with Gasteiger partial charge in [-0.25, -0.2) is 0 Å². The van der Waals surface area contributed by atoms with Crippen molar-refractivity contribution in [2.45, 2.75) is 0 Å². The highest BCUT2D eigenvalue weighted by Gasteiger charge is 2.08. The average Bonchev–Trinajstić information content (AvgIpc) is 2.42. The van der Waals surface area contributed by atoms with Crippen LogP contribution in [0.2, 0.25) is 0 Å². The number of benzene rings is 2. The molecule has 0 saturated heterocycles. The minimum absolute atomic E-state index is 0.0962. The molecule has 2 rings (SSSR count). The summed E-state index contributed by atoms with van der Waals surface area (Å²) in [5.41, 5.74) is 1.04. The summed E-state index contributed by atoms with van der Waals surface area (Å²) in [6.07, 6.45) is 0. The van der Waals surface area contributed by atoms with Gasteiger partial charge < -0.3 is 15.2 Å². The van der Waals surface area contributed by atoms with Crippen LogP contribution in [0.15, 0.2) is 42.5 Å². The fourth-order valence-electron chi connectivity index (χ4n) is 1.56. The Balaban J connectivity index is 2.18. The second-order valence-electron chi connectivity index (χ2n) is 3.85. The molecule has 2 N–H and O–H groups in total. The van der Waals surface area contributed by atoms with Gasteiger partial charge in [0.1, 0.15) is 11.5 Å². The Bertz CT molecular complexity index is 613. The zero-order valence-corrected chi connectivity index (χ0v) is 12.3. The van der Waals surface area contributed by atoms with Crippen molar-refractivity contribution >= 4 is 34.2 Å². The number of carbonyl (C=O) groups is 1. The minimum atomic E-state index is -0.278. The lowest BCUT2D eigenvalue weighted by Crippen LogP contribution is -2.11. The second-order valence-corrected chi connectivity index (χ2v) is 5.01. The quantitative estimate of drug-likeness (QED) is 0.817. The number of rotatable bonds is 3. The molecule has 0 bridgehead atoms. The molecule has 0 atom stereocenters. The predicted octanol–water partition coefficient (Wildman–Crippen LogP) is 3.26. The molecule has 0 aliphatic carbocycles. The third-order valence-electron chi connectivity index (χ3n) is 2.54. The highest BCUT2D eigenvalue weighted by atomic mass is 127. The Morgan fingerprint density at radius 1 is 1.26 bits per heavy atom. The molecule has 0 saturated carbocycles. The zero-order valence-electron chi connectivity index (χ0n) is 10.2. The van der Waals surface area contributed by atoms with Crippen molar-refractivity contribution < 1.29 is 14.6 Å². The number of aromatic hydroxyl groups is 1. The monoisotopic (exact) mass is 369 g/mol. The van der Waals surface area contributed by atoms with Crippen LogP contribution in [-0.4, -0.2) is 18.1 Å². The highest BCUT2D eigenvalue weighted by Crippen LogP contribution is 2.22. The van der Waals surface area contributed by atoms with Gasteiger partial charge >= 0.3 is 0 Å². The Kier molecular flexibility index (Phi) is 4.26. The molecule has 0 heterocycles. The van der Waals surface area contributed by atoms with Gasteiger partial charge in [-0.2, -0.15) is 0 Å². The van der Waals surface area contributed by atoms with Gasteiger partial charge in [-0.1, -0.05) is 6.07 Å². The smallest absolute Gasteiger partial charge is 0.255 e. The molecule has 0 aliphatic rings. The predicted molar refractivity (Wildman–Crippen MR) is 81.8 cm³/mol. The number of carbonyl (C=O) groups excluding carboxylic acids is 1. The van der Waals surface area contributed by atoms with Gasteiger partial charge in [0, 0.05) is 17.3 Å². The number of ether oxygens (including phenoxy) is 1. The molecule has 0 aromatic heterocycles. The molecule has 2 aromatic carbocycles. The molecule has 4 nitrogen and oxygen atoms in total. The summed E-state index contributed by atoms with van der Waals surface area (Å²) in [7, 11) is 1.57. The van der Waals surface area contributed by atoms with Crippen molar-refractivity contribution in [1.82, 2.24) is 0 Å². The maximum absolute atomic E-state index is 12.0. The van der Waals surface area contributed by atoms with E-state index in [-0.39, 0.29) is 11.7 Å². The van der Waals surface area contributed by atoms with E-state index >= 15 is 0 Å². The van der Waals surface area contributed by atoms with Crippen molar-refractivity contribution in [3.63, 3.8) is 0 Å². The van der Waals surface area contributed by atoms with Gasteiger partial charge in [0.25, 0.3) is 5.91 Å². The van der Waals surface area contributed by atoms with Crippen LogP contribution < -0.4 is 10.1 Å². The van der Waals surface area contributed by atoms with Gasteiger partial charge in [-0.05, 0) is 52.9 Å². The summed E-state index contributed by atoms with van der Waals surface area (Å²) in [4.78, 5) is 12.0. The van der Waals surface area contributed by atoms with Crippen LogP contribution in [0.1, 0.15) is 10.4 Å². The van der Waals surface area contributed by atoms with Crippen LogP contribution in [-0.2, 0) is 0 Å². The van der Waals surface area contributed by atoms with Crippen LogP contribution in [0, 0.1) is 3.57 Å². The van der Waals surface area contributed by atoms with E-state index in [9.17, 15) is 9.90 Å². The molecule has 0 fully saturated rings. The number of amides is 1. The average molecular weight is 369 g/mol. The van der Waals surface area contributed by atoms with E-state index < -0.39 is 0 Å². The van der Waals surface area contributed by atoms with Gasteiger partial charge in [-0.15, -0.1) is 0 Å². The van der Waals surface area contributed by atoms with Gasteiger partial charge in [0.15, 0.2) is 0 Å². The molecule has 2 aromatic rings. The van der Waals surface area contributed by atoms with Crippen molar-refractivity contribution in [1.29, 1.82) is 0 Å². The molecule has 0 unspecified atom stereocenters. The largest absolute Gasteiger partial charge is 0.507 e. The summed E-state index contributed by atoms with van der Waals surface area (Å²) in [5.74, 6) is 0.488. The van der Waals surface area contributed by atoms with E-state index in [1.165, 1.54) is 6.07 Å². The maximum Gasteiger partial charge on any atom is 0.255 e. The fourth-order valence-corrected chi connectivity index (χ4v) is 1.89.